The fourth-order valence-corrected chi connectivity index (χ4v) is 5.64. The second-order valence-corrected chi connectivity index (χ2v) is 8.83. The number of rotatable bonds is 2. The summed E-state index contributed by atoms with van der Waals surface area (Å²) in [6.45, 7) is 3.02. The first kappa shape index (κ1) is 21.1. The van der Waals surface area contributed by atoms with E-state index < -0.39 is 76.3 Å². The topological polar surface area (TPSA) is 171 Å². The number of phenolic OH excluding ortho intramolecular Hbond substituents is 2. The van der Waals surface area contributed by atoms with Gasteiger partial charge >= 0.3 is 5.97 Å². The van der Waals surface area contributed by atoms with Crippen LogP contribution in [0.1, 0.15) is 64.6 Å². The summed E-state index contributed by atoms with van der Waals surface area (Å²) in [5, 5.41) is 52.8. The fraction of sp³-hybridized carbons (Fsp3) is 0.500. The molecule has 3 aliphatic heterocycles. The second-order valence-electron chi connectivity index (χ2n) is 8.83. The number of aliphatic hydroxyl groups is 2. The van der Waals surface area contributed by atoms with Gasteiger partial charge in [0.25, 0.3) is 0 Å². The lowest BCUT2D eigenvalue weighted by Gasteiger charge is -2.52. The highest BCUT2D eigenvalue weighted by Gasteiger charge is 2.62. The van der Waals surface area contributed by atoms with Gasteiger partial charge in [0.05, 0.1) is 48.1 Å². The number of carbonyl (C=O) groups excluding carboxylic acids is 2. The average Bonchev–Trinajstić information content (AvgIpc) is 2.69. The number of hydrogen-bond acceptors (Lipinski definition) is 9. The molecule has 0 radical (unpaired) electrons. The lowest BCUT2D eigenvalue weighted by atomic mass is 9.63. The molecule has 0 saturated carbocycles. The molecule has 1 fully saturated rings. The van der Waals surface area contributed by atoms with Crippen LogP contribution in [-0.4, -0.2) is 73.1 Å². The molecule has 2 aliphatic carbocycles. The van der Waals surface area contributed by atoms with Gasteiger partial charge < -0.3 is 35.0 Å². The normalized spacial score (nSPS) is 35.4. The Morgan fingerprint density at radius 2 is 1.75 bits per heavy atom. The summed E-state index contributed by atoms with van der Waals surface area (Å²) in [4.78, 5) is 38.1. The summed E-state index contributed by atoms with van der Waals surface area (Å²) in [6.07, 6.45) is -5.45. The summed E-state index contributed by atoms with van der Waals surface area (Å²) in [6, 6.07) is 0. The molecule has 1 aromatic rings. The molecule has 0 unspecified atom stereocenters. The van der Waals surface area contributed by atoms with Crippen LogP contribution < -0.4 is 0 Å². The number of aromatic hydroxyl groups is 2. The van der Waals surface area contributed by atoms with Gasteiger partial charge in [-0.3, -0.25) is 14.4 Å². The number of ketones is 2. The Morgan fingerprint density at radius 3 is 2.38 bits per heavy atom. The van der Waals surface area contributed by atoms with Crippen LogP contribution in [0.2, 0.25) is 0 Å². The van der Waals surface area contributed by atoms with E-state index in [0.717, 1.165) is 0 Å². The number of fused-ring (bicyclic) bond motifs is 4. The Morgan fingerprint density at radius 1 is 1.09 bits per heavy atom. The third-order valence-electron chi connectivity index (χ3n) is 7.08. The average molecular weight is 446 g/mol. The van der Waals surface area contributed by atoms with Crippen molar-refractivity contribution in [2.75, 3.05) is 0 Å². The van der Waals surface area contributed by atoms with E-state index in [1.807, 2.05) is 0 Å². The van der Waals surface area contributed by atoms with Crippen LogP contribution in [0, 0.1) is 0 Å². The molecule has 10 nitrogen and oxygen atoms in total. The maximum Gasteiger partial charge on any atom is 0.305 e. The van der Waals surface area contributed by atoms with Crippen molar-refractivity contribution in [1.29, 1.82) is 0 Å². The van der Waals surface area contributed by atoms with Crippen LogP contribution >= 0.6 is 0 Å². The minimum Gasteiger partial charge on any atom is -0.507 e. The molecule has 0 amide bonds. The van der Waals surface area contributed by atoms with Crippen molar-refractivity contribution in [3.63, 3.8) is 0 Å². The predicted molar refractivity (Wildman–Crippen MR) is 105 cm³/mol. The van der Waals surface area contributed by atoms with Gasteiger partial charge in [-0.2, -0.15) is 0 Å². The van der Waals surface area contributed by atoms with Crippen LogP contribution in [-0.2, 0) is 20.7 Å². The summed E-state index contributed by atoms with van der Waals surface area (Å²) >= 11 is 0. The van der Waals surface area contributed by atoms with Gasteiger partial charge in [0.2, 0.25) is 0 Å². The van der Waals surface area contributed by atoms with Crippen LogP contribution in [0.3, 0.4) is 0 Å². The SMILES string of the molecule is C[C@@H]1O[C@H](CC(=O)O)Cc2c(O)c3c(c(O)c21)C(=O)C1=C(C3=O)[C@H]2C[C@@H](O)[C@]1(O)[C@@H](C)O2. The lowest BCUT2D eigenvalue weighted by molar-refractivity contribution is -0.207. The highest BCUT2D eigenvalue weighted by atomic mass is 16.5. The number of benzene rings is 1. The van der Waals surface area contributed by atoms with E-state index in [9.17, 15) is 34.8 Å². The zero-order valence-corrected chi connectivity index (χ0v) is 17.3. The molecule has 0 aromatic heterocycles. The van der Waals surface area contributed by atoms with Gasteiger partial charge in [0.1, 0.15) is 17.1 Å². The van der Waals surface area contributed by atoms with Crippen LogP contribution in [0.25, 0.3) is 0 Å². The van der Waals surface area contributed by atoms with E-state index >= 15 is 0 Å². The minimum atomic E-state index is -2.14. The molecule has 5 N–H and O–H groups in total. The van der Waals surface area contributed by atoms with Gasteiger partial charge in [0, 0.05) is 35.1 Å². The fourth-order valence-electron chi connectivity index (χ4n) is 5.64. The first-order chi connectivity index (χ1) is 15.0. The molecule has 5 aliphatic rings. The summed E-state index contributed by atoms with van der Waals surface area (Å²) in [5.41, 5.74) is -3.23. The van der Waals surface area contributed by atoms with Crippen molar-refractivity contribution in [3.05, 3.63) is 33.4 Å². The molecular formula is C22H22O10. The van der Waals surface area contributed by atoms with Crippen LogP contribution in [0.5, 0.6) is 11.5 Å². The number of carboxylic acid groups (broad SMARTS) is 1. The Kier molecular flexibility index (Phi) is 4.35. The van der Waals surface area contributed by atoms with Gasteiger partial charge in [0.15, 0.2) is 11.6 Å². The lowest BCUT2D eigenvalue weighted by Crippen LogP contribution is -2.66. The molecule has 1 saturated heterocycles. The molecule has 2 bridgehead atoms. The van der Waals surface area contributed by atoms with E-state index in [1.165, 1.54) is 13.8 Å². The maximum absolute atomic E-state index is 13.5. The van der Waals surface area contributed by atoms with Gasteiger partial charge in [-0.15, -0.1) is 0 Å². The van der Waals surface area contributed by atoms with E-state index in [0.29, 0.717) is 0 Å². The quantitative estimate of drug-likeness (QED) is 0.404. The van der Waals surface area contributed by atoms with Crippen molar-refractivity contribution in [3.8, 4) is 11.5 Å². The standard InChI is InChI=1S/C22H22O10/c1-6-13-9(3-8(31-6)4-12(24)25)18(26)15-16(19(13)27)21(29)17-14(20(15)28)10-5-11(23)22(17,30)7(2)32-10/h6-8,10-11,23,26-27,30H,3-5H2,1-2H3,(H,24,25)/t6-,7+,8-,10+,11+,22+/m0/s1. The largest absolute Gasteiger partial charge is 0.507 e. The molecule has 10 heteroatoms. The maximum atomic E-state index is 13.5. The van der Waals surface area contributed by atoms with E-state index in [1.54, 1.807) is 0 Å². The number of phenols is 2. The monoisotopic (exact) mass is 446 g/mol. The highest BCUT2D eigenvalue weighted by Crippen LogP contribution is 2.54. The van der Waals surface area contributed by atoms with E-state index in [-0.39, 0.29) is 41.5 Å². The van der Waals surface area contributed by atoms with Crippen molar-refractivity contribution >= 4 is 17.5 Å². The van der Waals surface area contributed by atoms with Gasteiger partial charge in [-0.05, 0) is 13.8 Å². The number of carbonyl (C=O) groups is 3. The predicted octanol–water partition coefficient (Wildman–Crippen LogP) is 0.533. The summed E-state index contributed by atoms with van der Waals surface area (Å²) in [7, 11) is 0. The number of hydrogen-bond donors (Lipinski definition) is 5. The second kappa shape index (κ2) is 6.61. The molecule has 170 valence electrons. The molecule has 32 heavy (non-hydrogen) atoms. The van der Waals surface area contributed by atoms with E-state index in [2.05, 4.69) is 0 Å². The Hall–Kier alpha value is -2.79. The Labute approximate surface area is 181 Å². The summed E-state index contributed by atoms with van der Waals surface area (Å²) < 4.78 is 11.3. The third-order valence-corrected chi connectivity index (χ3v) is 7.08. The molecule has 3 heterocycles. The van der Waals surface area contributed by atoms with Crippen molar-refractivity contribution < 1.29 is 49.4 Å². The number of aliphatic carboxylic acids is 1. The smallest absolute Gasteiger partial charge is 0.305 e. The minimum absolute atomic E-state index is 0.0777. The number of ether oxygens (including phenoxy) is 2. The number of aliphatic hydroxyl groups excluding tert-OH is 1. The molecule has 0 spiro atoms. The Balaban J connectivity index is 1.73. The zero-order chi connectivity index (χ0) is 23.3. The molecule has 1 aromatic carbocycles. The highest BCUT2D eigenvalue weighted by molar-refractivity contribution is 6.30. The van der Waals surface area contributed by atoms with Crippen molar-refractivity contribution in [2.45, 2.75) is 69.2 Å². The van der Waals surface area contributed by atoms with E-state index in [4.69, 9.17) is 14.6 Å². The first-order valence-electron chi connectivity index (χ1n) is 10.4. The van der Waals surface area contributed by atoms with Crippen molar-refractivity contribution in [2.24, 2.45) is 0 Å². The van der Waals surface area contributed by atoms with Crippen LogP contribution in [0.4, 0.5) is 0 Å². The first-order valence-corrected chi connectivity index (χ1v) is 10.4. The van der Waals surface area contributed by atoms with Gasteiger partial charge in [-0.25, -0.2) is 0 Å². The zero-order valence-electron chi connectivity index (χ0n) is 17.3. The number of Topliss-reactive ketones (excluding diaryl/α,β-unsaturated/α-hetero) is 2. The molecule has 6 atom stereocenters. The molecular weight excluding hydrogens is 424 g/mol. The van der Waals surface area contributed by atoms with Crippen LogP contribution in [0.15, 0.2) is 11.1 Å². The Bertz CT molecular complexity index is 1120. The molecule has 6 rings (SSSR count). The number of carboxylic acids is 1. The summed E-state index contributed by atoms with van der Waals surface area (Å²) in [5.74, 6) is -3.84. The third kappa shape index (κ3) is 2.46. The van der Waals surface area contributed by atoms with Gasteiger partial charge in [-0.1, -0.05) is 0 Å². The van der Waals surface area contributed by atoms with Crippen molar-refractivity contribution in [1.82, 2.24) is 0 Å².